The van der Waals surface area contributed by atoms with Crippen LogP contribution >= 0.6 is 0 Å². The molecule has 0 aromatic heterocycles. The van der Waals surface area contributed by atoms with E-state index < -0.39 is 26.4 Å². The van der Waals surface area contributed by atoms with Crippen LogP contribution in [-0.2, 0) is 10.0 Å². The lowest BCUT2D eigenvalue weighted by atomic mass is 10.0. The zero-order valence-electron chi connectivity index (χ0n) is 14.8. The molecule has 0 bridgehead atoms. The Morgan fingerprint density at radius 1 is 0.929 bits per heavy atom. The van der Waals surface area contributed by atoms with E-state index in [0.717, 1.165) is 11.6 Å². The van der Waals surface area contributed by atoms with E-state index in [1.807, 2.05) is 6.92 Å². The van der Waals surface area contributed by atoms with E-state index in [2.05, 4.69) is 4.72 Å². The largest absolute Gasteiger partial charge is 0.294 e. The maximum Gasteiger partial charge on any atom is 0.294 e. The average molecular weight is 396 g/mol. The highest BCUT2D eigenvalue weighted by atomic mass is 32.2. The van der Waals surface area contributed by atoms with Crippen molar-refractivity contribution in [3.8, 4) is 0 Å². The number of carbonyl (C=O) groups is 1. The molecular weight excluding hydrogens is 380 g/mol. The second-order valence-electron chi connectivity index (χ2n) is 6.10. The third-order valence-corrected chi connectivity index (χ3v) is 5.45. The Bertz CT molecular complexity index is 1140. The Morgan fingerprint density at radius 3 is 2.18 bits per heavy atom. The summed E-state index contributed by atoms with van der Waals surface area (Å²) in [6, 6.07) is 18.1. The highest BCUT2D eigenvalue weighted by Gasteiger charge is 2.23. The normalized spacial score (nSPS) is 11.0. The number of nitro benzene ring substituents is 1. The molecule has 0 aliphatic rings. The molecule has 3 aromatic carbocycles. The van der Waals surface area contributed by atoms with E-state index in [4.69, 9.17) is 0 Å². The lowest BCUT2D eigenvalue weighted by Crippen LogP contribution is -2.14. The van der Waals surface area contributed by atoms with Crippen LogP contribution in [0.2, 0.25) is 0 Å². The first-order valence-corrected chi connectivity index (χ1v) is 9.74. The number of nitrogens with one attached hydrogen (secondary N) is 1. The molecule has 0 saturated carbocycles. The SMILES string of the molecule is Cc1ccc(S(=O)(=O)Nc2ccc(C(=O)c3ccccc3)cc2[N+](=O)[O-])cc1. The maximum absolute atomic E-state index is 12.5. The van der Waals surface area contributed by atoms with Gasteiger partial charge >= 0.3 is 0 Å². The fourth-order valence-corrected chi connectivity index (χ4v) is 3.66. The van der Waals surface area contributed by atoms with Crippen molar-refractivity contribution in [2.24, 2.45) is 0 Å². The van der Waals surface area contributed by atoms with Crippen LogP contribution in [-0.4, -0.2) is 19.1 Å². The Labute approximate surface area is 161 Å². The summed E-state index contributed by atoms with van der Waals surface area (Å²) in [5, 5.41) is 11.5. The summed E-state index contributed by atoms with van der Waals surface area (Å²) in [5.41, 5.74) is 0.641. The van der Waals surface area contributed by atoms with Crippen LogP contribution in [0.4, 0.5) is 11.4 Å². The van der Waals surface area contributed by atoms with Gasteiger partial charge < -0.3 is 0 Å². The highest BCUT2D eigenvalue weighted by molar-refractivity contribution is 7.92. The van der Waals surface area contributed by atoms with Crippen molar-refractivity contribution >= 4 is 27.2 Å². The van der Waals surface area contributed by atoms with Gasteiger partial charge in [-0.2, -0.15) is 0 Å². The van der Waals surface area contributed by atoms with Crippen LogP contribution in [0.25, 0.3) is 0 Å². The summed E-state index contributed by atoms with van der Waals surface area (Å²) in [4.78, 5) is 23.2. The fourth-order valence-electron chi connectivity index (χ4n) is 2.59. The number of aryl methyl sites for hydroxylation is 1. The molecule has 0 aliphatic heterocycles. The quantitative estimate of drug-likeness (QED) is 0.386. The molecule has 3 rings (SSSR count). The Kier molecular flexibility index (Phi) is 5.23. The maximum atomic E-state index is 12.5. The number of hydrogen-bond acceptors (Lipinski definition) is 5. The van der Waals surface area contributed by atoms with E-state index in [-0.39, 0.29) is 16.1 Å². The van der Waals surface area contributed by atoms with Gasteiger partial charge in [0.15, 0.2) is 5.78 Å². The molecule has 0 aliphatic carbocycles. The van der Waals surface area contributed by atoms with Gasteiger partial charge in [0.05, 0.1) is 9.82 Å². The standard InChI is InChI=1S/C20H16N2O5S/c1-14-7-10-17(11-8-14)28(26,27)21-18-12-9-16(13-19(18)22(24)25)20(23)15-5-3-2-4-6-15/h2-13,21H,1H3. The molecule has 0 saturated heterocycles. The fraction of sp³-hybridized carbons (Fsp3) is 0.0500. The van der Waals surface area contributed by atoms with Gasteiger partial charge in [0, 0.05) is 17.2 Å². The van der Waals surface area contributed by atoms with E-state index >= 15 is 0 Å². The lowest BCUT2D eigenvalue weighted by molar-refractivity contribution is -0.383. The van der Waals surface area contributed by atoms with Crippen molar-refractivity contribution in [2.75, 3.05) is 4.72 Å². The molecule has 3 aromatic rings. The molecule has 1 N–H and O–H groups in total. The average Bonchev–Trinajstić information content (AvgIpc) is 2.68. The molecular formula is C20H16N2O5S. The second kappa shape index (κ2) is 7.61. The van der Waals surface area contributed by atoms with Crippen LogP contribution in [0.1, 0.15) is 21.5 Å². The summed E-state index contributed by atoms with van der Waals surface area (Å²) < 4.78 is 27.3. The number of rotatable bonds is 6. The summed E-state index contributed by atoms with van der Waals surface area (Å²) in [5.74, 6) is -0.392. The van der Waals surface area contributed by atoms with Gasteiger partial charge in [0.1, 0.15) is 5.69 Å². The predicted octanol–water partition coefficient (Wildman–Crippen LogP) is 3.94. The molecule has 142 valence electrons. The molecule has 28 heavy (non-hydrogen) atoms. The zero-order valence-corrected chi connectivity index (χ0v) is 15.6. The first-order chi connectivity index (χ1) is 13.3. The summed E-state index contributed by atoms with van der Waals surface area (Å²) in [6.45, 7) is 1.82. The molecule has 7 nitrogen and oxygen atoms in total. The highest BCUT2D eigenvalue weighted by Crippen LogP contribution is 2.29. The number of sulfonamides is 1. The summed E-state index contributed by atoms with van der Waals surface area (Å²) >= 11 is 0. The number of hydrogen-bond donors (Lipinski definition) is 1. The predicted molar refractivity (Wildman–Crippen MR) is 105 cm³/mol. The van der Waals surface area contributed by atoms with E-state index in [9.17, 15) is 23.3 Å². The topological polar surface area (TPSA) is 106 Å². The van der Waals surface area contributed by atoms with Gasteiger partial charge in [-0.25, -0.2) is 8.42 Å². The minimum Gasteiger partial charge on any atom is -0.289 e. The van der Waals surface area contributed by atoms with Gasteiger partial charge in [-0.1, -0.05) is 48.0 Å². The minimum absolute atomic E-state index is 0.0168. The monoisotopic (exact) mass is 396 g/mol. The number of benzene rings is 3. The summed E-state index contributed by atoms with van der Waals surface area (Å²) in [7, 11) is -4.01. The van der Waals surface area contributed by atoms with Crippen LogP contribution in [0, 0.1) is 17.0 Å². The van der Waals surface area contributed by atoms with E-state index in [1.165, 1.54) is 24.3 Å². The lowest BCUT2D eigenvalue weighted by Gasteiger charge is -2.10. The smallest absolute Gasteiger partial charge is 0.289 e. The van der Waals surface area contributed by atoms with Crippen molar-refractivity contribution in [3.63, 3.8) is 0 Å². The van der Waals surface area contributed by atoms with Crippen LogP contribution in [0.5, 0.6) is 0 Å². The van der Waals surface area contributed by atoms with Gasteiger partial charge in [-0.15, -0.1) is 0 Å². The zero-order chi connectivity index (χ0) is 20.3. The molecule has 0 spiro atoms. The van der Waals surface area contributed by atoms with Crippen LogP contribution in [0.15, 0.2) is 77.7 Å². The van der Waals surface area contributed by atoms with E-state index in [1.54, 1.807) is 42.5 Å². The molecule has 0 unspecified atom stereocenters. The van der Waals surface area contributed by atoms with Gasteiger partial charge in [0.25, 0.3) is 15.7 Å². The summed E-state index contributed by atoms with van der Waals surface area (Å²) in [6.07, 6.45) is 0. The second-order valence-corrected chi connectivity index (χ2v) is 7.79. The minimum atomic E-state index is -4.01. The van der Waals surface area contributed by atoms with Crippen molar-refractivity contribution in [1.82, 2.24) is 0 Å². The third-order valence-electron chi connectivity index (χ3n) is 4.07. The molecule has 0 heterocycles. The molecule has 8 heteroatoms. The Balaban J connectivity index is 1.97. The van der Waals surface area contributed by atoms with Crippen LogP contribution in [0.3, 0.4) is 0 Å². The van der Waals surface area contributed by atoms with Crippen molar-refractivity contribution < 1.29 is 18.1 Å². The van der Waals surface area contributed by atoms with E-state index in [0.29, 0.717) is 5.56 Å². The third kappa shape index (κ3) is 4.07. The van der Waals surface area contributed by atoms with Crippen LogP contribution < -0.4 is 4.72 Å². The number of nitrogens with zero attached hydrogens (tertiary/aromatic N) is 1. The van der Waals surface area contributed by atoms with Crippen molar-refractivity contribution in [2.45, 2.75) is 11.8 Å². The molecule has 0 radical (unpaired) electrons. The number of nitro groups is 1. The van der Waals surface area contributed by atoms with Gasteiger partial charge in [0.2, 0.25) is 0 Å². The van der Waals surface area contributed by atoms with Crippen molar-refractivity contribution in [1.29, 1.82) is 0 Å². The molecule has 0 fully saturated rings. The number of ketones is 1. The first kappa shape index (κ1) is 19.2. The number of carbonyl (C=O) groups excluding carboxylic acids is 1. The first-order valence-electron chi connectivity index (χ1n) is 8.25. The van der Waals surface area contributed by atoms with Gasteiger partial charge in [-0.3, -0.25) is 19.6 Å². The van der Waals surface area contributed by atoms with Gasteiger partial charge in [-0.05, 0) is 31.2 Å². The number of anilines is 1. The molecule has 0 atom stereocenters. The Hall–Kier alpha value is -3.52. The molecule has 0 amide bonds. The Morgan fingerprint density at radius 2 is 1.57 bits per heavy atom. The van der Waals surface area contributed by atoms with Crippen molar-refractivity contribution in [3.05, 3.63) is 99.6 Å².